The molecule has 0 aromatic heterocycles. The molecule has 0 aliphatic heterocycles. The van der Waals surface area contributed by atoms with E-state index in [2.05, 4.69) is 5.32 Å². The minimum atomic E-state index is -4.65. The van der Waals surface area contributed by atoms with Gasteiger partial charge in [0.1, 0.15) is 6.04 Å². The topological polar surface area (TPSA) is 55.4 Å². The lowest BCUT2D eigenvalue weighted by Crippen LogP contribution is -2.45. The highest BCUT2D eigenvalue weighted by Gasteiger charge is 2.36. The van der Waals surface area contributed by atoms with Crippen molar-refractivity contribution in [3.63, 3.8) is 0 Å². The Morgan fingerprint density at radius 1 is 1.16 bits per heavy atom. The number of amides is 1. The lowest BCUT2D eigenvalue weighted by molar-refractivity contribution is -0.147. The molecule has 1 rings (SSSR count). The van der Waals surface area contributed by atoms with E-state index in [-0.39, 0.29) is 12.5 Å². The normalized spacial score (nSPS) is 12.8. The Morgan fingerprint density at radius 3 is 2.36 bits per heavy atom. The molecule has 0 saturated heterocycles. The van der Waals surface area contributed by atoms with Crippen molar-refractivity contribution < 1.29 is 27.5 Å². The molecule has 0 aliphatic carbocycles. The summed E-state index contributed by atoms with van der Waals surface area (Å²) in [5.74, 6) is -1.90. The highest BCUT2D eigenvalue weighted by Crippen LogP contribution is 2.31. The van der Waals surface area contributed by atoms with Crippen LogP contribution in [0.25, 0.3) is 0 Å². The van der Waals surface area contributed by atoms with Crippen LogP contribution in [0.5, 0.6) is 0 Å². The summed E-state index contributed by atoms with van der Waals surface area (Å²) in [6.45, 7) is 5.61. The maximum absolute atomic E-state index is 13.0. The number of unbranched alkanes of at least 4 members (excludes halogenated alkanes) is 2. The van der Waals surface area contributed by atoms with E-state index in [0.29, 0.717) is 6.42 Å². The molecule has 140 valence electrons. The molecule has 7 heteroatoms. The Morgan fingerprint density at radius 2 is 1.80 bits per heavy atom. The van der Waals surface area contributed by atoms with Gasteiger partial charge in [-0.15, -0.1) is 0 Å². The van der Waals surface area contributed by atoms with Gasteiger partial charge in [-0.2, -0.15) is 13.2 Å². The standard InChI is InChI=1S/C18H24F3NO3/c1-4-5-8-11-25-17(24)15(12(2)3)22-16(23)13-9-6-7-10-14(13)18(19,20)21/h6-7,9-10,12,15H,4-5,8,11H2,1-3H3,(H,22,23). The molecule has 0 radical (unpaired) electrons. The second-order valence-corrected chi connectivity index (χ2v) is 6.11. The fourth-order valence-electron chi connectivity index (χ4n) is 2.26. The van der Waals surface area contributed by atoms with Crippen LogP contribution in [-0.2, 0) is 15.7 Å². The summed E-state index contributed by atoms with van der Waals surface area (Å²) in [6, 6.07) is 3.47. The van der Waals surface area contributed by atoms with Crippen molar-refractivity contribution in [1.29, 1.82) is 0 Å². The molecule has 0 heterocycles. The molecule has 1 aromatic carbocycles. The molecular weight excluding hydrogens is 335 g/mol. The summed E-state index contributed by atoms with van der Waals surface area (Å²) >= 11 is 0. The van der Waals surface area contributed by atoms with Crippen molar-refractivity contribution in [3.8, 4) is 0 Å². The molecule has 1 aromatic rings. The maximum atomic E-state index is 13.0. The van der Waals surface area contributed by atoms with Crippen molar-refractivity contribution in [2.45, 2.75) is 52.3 Å². The van der Waals surface area contributed by atoms with Gasteiger partial charge in [-0.3, -0.25) is 4.79 Å². The number of benzene rings is 1. The number of rotatable bonds is 8. The third-order valence-electron chi connectivity index (χ3n) is 3.68. The average molecular weight is 359 g/mol. The number of ether oxygens (including phenoxy) is 1. The van der Waals surface area contributed by atoms with Crippen molar-refractivity contribution in [1.82, 2.24) is 5.32 Å². The zero-order valence-electron chi connectivity index (χ0n) is 14.7. The van der Waals surface area contributed by atoms with Gasteiger partial charge in [0.05, 0.1) is 17.7 Å². The van der Waals surface area contributed by atoms with Crippen LogP contribution >= 0.6 is 0 Å². The lowest BCUT2D eigenvalue weighted by Gasteiger charge is -2.22. The monoisotopic (exact) mass is 359 g/mol. The summed E-state index contributed by atoms with van der Waals surface area (Å²) in [5.41, 5.74) is -1.55. The van der Waals surface area contributed by atoms with Gasteiger partial charge >= 0.3 is 12.1 Å². The lowest BCUT2D eigenvalue weighted by atomic mass is 10.0. The summed E-state index contributed by atoms with van der Waals surface area (Å²) in [7, 11) is 0. The van der Waals surface area contributed by atoms with E-state index in [1.807, 2.05) is 6.92 Å². The third-order valence-corrected chi connectivity index (χ3v) is 3.68. The summed E-state index contributed by atoms with van der Waals surface area (Å²) in [4.78, 5) is 24.4. The van der Waals surface area contributed by atoms with E-state index in [0.717, 1.165) is 25.0 Å². The minimum Gasteiger partial charge on any atom is -0.464 e. The largest absolute Gasteiger partial charge is 0.464 e. The summed E-state index contributed by atoms with van der Waals surface area (Å²) < 4.78 is 44.2. The Hall–Kier alpha value is -2.05. The Balaban J connectivity index is 2.86. The van der Waals surface area contributed by atoms with Gasteiger partial charge in [-0.05, 0) is 24.5 Å². The Labute approximate surface area is 145 Å². The van der Waals surface area contributed by atoms with Crippen LogP contribution in [0.15, 0.2) is 24.3 Å². The van der Waals surface area contributed by atoms with Crippen molar-refractivity contribution >= 4 is 11.9 Å². The summed E-state index contributed by atoms with van der Waals surface area (Å²) in [5, 5.41) is 2.37. The van der Waals surface area contributed by atoms with Gasteiger partial charge in [-0.1, -0.05) is 45.7 Å². The van der Waals surface area contributed by atoms with Crippen LogP contribution in [-0.4, -0.2) is 24.5 Å². The molecular formula is C18H24F3NO3. The van der Waals surface area contributed by atoms with Gasteiger partial charge in [0, 0.05) is 0 Å². The second kappa shape index (κ2) is 9.44. The van der Waals surface area contributed by atoms with Crippen LogP contribution in [0.1, 0.15) is 56.0 Å². The smallest absolute Gasteiger partial charge is 0.417 e. The zero-order chi connectivity index (χ0) is 19.0. The van der Waals surface area contributed by atoms with Crippen molar-refractivity contribution in [3.05, 3.63) is 35.4 Å². The first-order valence-electron chi connectivity index (χ1n) is 8.32. The predicted octanol–water partition coefficient (Wildman–Crippen LogP) is 4.19. The number of carbonyl (C=O) groups is 2. The molecule has 1 amide bonds. The molecule has 0 bridgehead atoms. The van der Waals surface area contributed by atoms with Gasteiger partial charge in [0.15, 0.2) is 0 Å². The van der Waals surface area contributed by atoms with E-state index in [1.165, 1.54) is 12.1 Å². The fraction of sp³-hybridized carbons (Fsp3) is 0.556. The van der Waals surface area contributed by atoms with Gasteiger partial charge < -0.3 is 10.1 Å². The number of hydrogen-bond acceptors (Lipinski definition) is 3. The van der Waals surface area contributed by atoms with Gasteiger partial charge in [0.25, 0.3) is 5.91 Å². The molecule has 0 fully saturated rings. The summed E-state index contributed by atoms with van der Waals surface area (Å²) in [6.07, 6.45) is -2.07. The number of hydrogen-bond donors (Lipinski definition) is 1. The van der Waals surface area contributed by atoms with Crippen molar-refractivity contribution in [2.75, 3.05) is 6.61 Å². The highest BCUT2D eigenvalue weighted by atomic mass is 19.4. The second-order valence-electron chi connectivity index (χ2n) is 6.11. The number of halogens is 3. The van der Waals surface area contributed by atoms with Gasteiger partial charge in [0.2, 0.25) is 0 Å². The number of nitrogens with one attached hydrogen (secondary N) is 1. The molecule has 1 unspecified atom stereocenters. The SMILES string of the molecule is CCCCCOC(=O)C(NC(=O)c1ccccc1C(F)(F)F)C(C)C. The molecule has 0 aliphatic rings. The van der Waals surface area contributed by atoms with E-state index in [9.17, 15) is 22.8 Å². The quantitative estimate of drug-likeness (QED) is 0.559. The van der Waals surface area contributed by atoms with Crippen molar-refractivity contribution in [2.24, 2.45) is 5.92 Å². The predicted molar refractivity (Wildman–Crippen MR) is 88.0 cm³/mol. The first-order valence-corrected chi connectivity index (χ1v) is 8.32. The maximum Gasteiger partial charge on any atom is 0.417 e. The fourth-order valence-corrected chi connectivity index (χ4v) is 2.26. The van der Waals surface area contributed by atoms with E-state index >= 15 is 0 Å². The number of carbonyl (C=O) groups excluding carboxylic acids is 2. The molecule has 0 spiro atoms. The van der Waals surface area contributed by atoms with Crippen LogP contribution in [0.4, 0.5) is 13.2 Å². The van der Waals surface area contributed by atoms with Gasteiger partial charge in [-0.25, -0.2) is 4.79 Å². The van der Waals surface area contributed by atoms with E-state index in [4.69, 9.17) is 4.74 Å². The molecule has 25 heavy (non-hydrogen) atoms. The van der Waals surface area contributed by atoms with Crippen LogP contribution in [0, 0.1) is 5.92 Å². The Bertz CT molecular complexity index is 585. The number of alkyl halides is 3. The Kier molecular flexibility index (Phi) is 7.93. The average Bonchev–Trinajstić information content (AvgIpc) is 2.55. The minimum absolute atomic E-state index is 0.227. The molecule has 0 saturated carbocycles. The van der Waals surface area contributed by atoms with Crippen LogP contribution in [0.2, 0.25) is 0 Å². The van der Waals surface area contributed by atoms with E-state index in [1.54, 1.807) is 13.8 Å². The third kappa shape index (κ3) is 6.40. The first-order chi connectivity index (χ1) is 11.7. The van der Waals surface area contributed by atoms with Crippen LogP contribution < -0.4 is 5.32 Å². The van der Waals surface area contributed by atoms with Crippen LogP contribution in [0.3, 0.4) is 0 Å². The van der Waals surface area contributed by atoms with E-state index < -0.39 is 35.2 Å². The molecule has 4 nitrogen and oxygen atoms in total. The molecule has 1 N–H and O–H groups in total. The zero-order valence-corrected chi connectivity index (χ0v) is 14.7. The molecule has 1 atom stereocenters. The number of esters is 1. The highest BCUT2D eigenvalue weighted by molar-refractivity contribution is 5.98. The first kappa shape index (κ1) is 21.0.